The molecule has 282 valence electrons. The van der Waals surface area contributed by atoms with Gasteiger partial charge < -0.3 is 9.47 Å². The van der Waals surface area contributed by atoms with Gasteiger partial charge in [0.05, 0.1) is 11.2 Å². The summed E-state index contributed by atoms with van der Waals surface area (Å²) in [6.07, 6.45) is 24.8. The van der Waals surface area contributed by atoms with E-state index in [1.165, 1.54) is 66.7 Å². The number of aromatic nitrogens is 1. The van der Waals surface area contributed by atoms with Crippen LogP contribution < -0.4 is 4.90 Å². The molecule has 1 aromatic heterocycles. The fourth-order valence-electron chi connectivity index (χ4n) is 8.69. The molecule has 0 aliphatic heterocycles. The maximum absolute atomic E-state index is 2.45. The smallest absolute Gasteiger partial charge is 0.0544 e. The molecule has 0 bridgehead atoms. The maximum atomic E-state index is 2.45. The van der Waals surface area contributed by atoms with Crippen LogP contribution in [0.4, 0.5) is 17.1 Å². The Morgan fingerprint density at radius 3 is 1.85 bits per heavy atom. The number of fused-ring (bicyclic) bond motifs is 4. The molecule has 7 aromatic carbocycles. The Morgan fingerprint density at radius 2 is 1.07 bits per heavy atom. The van der Waals surface area contributed by atoms with E-state index >= 15 is 0 Å². The van der Waals surface area contributed by atoms with Crippen molar-refractivity contribution in [2.75, 3.05) is 4.90 Å². The van der Waals surface area contributed by atoms with Crippen molar-refractivity contribution in [2.45, 2.75) is 19.3 Å². The monoisotopic (exact) mass is 756 g/mol. The summed E-state index contributed by atoms with van der Waals surface area (Å²) in [5.74, 6) is 0. The molecule has 2 aliphatic rings. The summed E-state index contributed by atoms with van der Waals surface area (Å²) in [4.78, 5) is 2.45. The standard InChI is InChI=1S/C57H44N2/c1-2-4-18-33-55-54(31-17-3-1)57-53(32-20-34-56(57)59(55)49-28-15-8-16-29-49)46-27-19-30-50(39-46)58(51-36-35-44-25-13-7-14-26-45(44)38-51)52-40-47(42-21-9-5-10-22-42)37-48(41-52)43-23-11-6-12-24-43/h1-3,5-25,27-30,32-41H,4,26,31H2/b2-1-,17-3-,33-18-. The second-order valence-corrected chi connectivity index (χ2v) is 15.2. The number of allylic oxidation sites excluding steroid dienone is 8. The number of rotatable bonds is 7. The van der Waals surface area contributed by atoms with Crippen LogP contribution in [0.15, 0.2) is 218 Å². The predicted molar refractivity (Wildman–Crippen MR) is 252 cm³/mol. The molecule has 0 N–H and O–H groups in total. The lowest BCUT2D eigenvalue weighted by atomic mass is 9.95. The molecular weight excluding hydrogens is 713 g/mol. The summed E-state index contributed by atoms with van der Waals surface area (Å²) < 4.78 is 2.44. The Hall–Kier alpha value is -7.42. The molecule has 0 fully saturated rings. The molecule has 0 radical (unpaired) electrons. The number of nitrogens with zero attached hydrogens (tertiary/aromatic N) is 2. The van der Waals surface area contributed by atoms with E-state index in [1.54, 1.807) is 0 Å². The fourth-order valence-corrected chi connectivity index (χ4v) is 8.69. The van der Waals surface area contributed by atoms with Crippen molar-refractivity contribution < 1.29 is 0 Å². The lowest BCUT2D eigenvalue weighted by Crippen LogP contribution is -2.11. The largest absolute Gasteiger partial charge is 0.310 e. The van der Waals surface area contributed by atoms with Crippen LogP contribution in [0.2, 0.25) is 0 Å². The van der Waals surface area contributed by atoms with Gasteiger partial charge in [0.15, 0.2) is 0 Å². The van der Waals surface area contributed by atoms with Gasteiger partial charge in [-0.05, 0) is 136 Å². The van der Waals surface area contributed by atoms with Gasteiger partial charge in [-0.2, -0.15) is 0 Å². The quantitative estimate of drug-likeness (QED) is 0.157. The third-order valence-corrected chi connectivity index (χ3v) is 11.5. The van der Waals surface area contributed by atoms with Crippen LogP contribution in [0.3, 0.4) is 0 Å². The highest BCUT2D eigenvalue weighted by molar-refractivity contribution is 6.02. The van der Waals surface area contributed by atoms with Crippen LogP contribution in [0.25, 0.3) is 62.1 Å². The average Bonchev–Trinajstić information content (AvgIpc) is 3.42. The molecular formula is C57H44N2. The third kappa shape index (κ3) is 7.22. The van der Waals surface area contributed by atoms with Crippen LogP contribution in [0.1, 0.15) is 28.8 Å². The molecule has 2 aliphatic carbocycles. The highest BCUT2D eigenvalue weighted by Gasteiger charge is 2.22. The van der Waals surface area contributed by atoms with Crippen molar-refractivity contribution in [1.29, 1.82) is 0 Å². The minimum atomic E-state index is 0.829. The second-order valence-electron chi connectivity index (χ2n) is 15.2. The number of anilines is 3. The molecule has 10 rings (SSSR count). The highest BCUT2D eigenvalue weighted by atomic mass is 15.1. The van der Waals surface area contributed by atoms with E-state index in [0.29, 0.717) is 0 Å². The molecule has 59 heavy (non-hydrogen) atoms. The summed E-state index contributed by atoms with van der Waals surface area (Å²) in [6.45, 7) is 0. The molecule has 0 spiro atoms. The Morgan fingerprint density at radius 1 is 0.424 bits per heavy atom. The van der Waals surface area contributed by atoms with Crippen molar-refractivity contribution in [2.24, 2.45) is 0 Å². The molecule has 8 aromatic rings. The number of hydrogen-bond acceptors (Lipinski definition) is 1. The molecule has 0 saturated heterocycles. The minimum absolute atomic E-state index is 0.829. The van der Waals surface area contributed by atoms with Crippen LogP contribution >= 0.6 is 0 Å². The topological polar surface area (TPSA) is 8.17 Å². The maximum Gasteiger partial charge on any atom is 0.0544 e. The zero-order chi connectivity index (χ0) is 39.4. The van der Waals surface area contributed by atoms with Gasteiger partial charge in [-0.3, -0.25) is 0 Å². The Bertz CT molecular complexity index is 2880. The summed E-state index contributed by atoms with van der Waals surface area (Å²) >= 11 is 0. The summed E-state index contributed by atoms with van der Waals surface area (Å²) in [5.41, 5.74) is 18.0. The van der Waals surface area contributed by atoms with E-state index in [1.807, 2.05) is 0 Å². The van der Waals surface area contributed by atoms with Gasteiger partial charge in [0.1, 0.15) is 0 Å². The van der Waals surface area contributed by atoms with Gasteiger partial charge in [-0.25, -0.2) is 0 Å². The van der Waals surface area contributed by atoms with E-state index in [2.05, 4.69) is 240 Å². The summed E-state index contributed by atoms with van der Waals surface area (Å²) in [5, 5.41) is 1.29. The lowest BCUT2D eigenvalue weighted by molar-refractivity contribution is 1.08. The van der Waals surface area contributed by atoms with Crippen LogP contribution in [-0.2, 0) is 12.8 Å². The van der Waals surface area contributed by atoms with E-state index < -0.39 is 0 Å². The SMILES string of the molecule is C1=CCc2cc(N(c3cc(-c4ccccc4)cc(-c4ccccc4)c3)c3cccc(-c4cccc5c4c4c(n5-c5ccccc5)/C=C\C/C=C\C=C/C4)c3)ccc2C=C1. The van der Waals surface area contributed by atoms with E-state index in [-0.39, 0.29) is 0 Å². The molecule has 1 heterocycles. The first-order chi connectivity index (χ1) is 29.3. The third-order valence-electron chi connectivity index (χ3n) is 11.5. The van der Waals surface area contributed by atoms with E-state index in [4.69, 9.17) is 0 Å². The Kier molecular flexibility index (Phi) is 9.88. The molecule has 2 nitrogen and oxygen atoms in total. The molecule has 0 unspecified atom stereocenters. The van der Waals surface area contributed by atoms with Crippen molar-refractivity contribution >= 4 is 40.1 Å². The number of hydrogen-bond donors (Lipinski definition) is 0. The zero-order valence-electron chi connectivity index (χ0n) is 33.0. The van der Waals surface area contributed by atoms with Crippen LogP contribution in [-0.4, -0.2) is 4.57 Å². The van der Waals surface area contributed by atoms with Gasteiger partial charge in [0, 0.05) is 28.1 Å². The van der Waals surface area contributed by atoms with Crippen molar-refractivity contribution in [3.8, 4) is 39.1 Å². The number of para-hydroxylation sites is 1. The van der Waals surface area contributed by atoms with Crippen LogP contribution in [0, 0.1) is 0 Å². The molecule has 0 atom stereocenters. The summed E-state index contributed by atoms with van der Waals surface area (Å²) in [6, 6.07) is 62.2. The van der Waals surface area contributed by atoms with Gasteiger partial charge >= 0.3 is 0 Å². The predicted octanol–water partition coefficient (Wildman–Crippen LogP) is 15.3. The van der Waals surface area contributed by atoms with Crippen molar-refractivity contribution in [1.82, 2.24) is 4.57 Å². The Labute approximate surface area is 347 Å². The Balaban J connectivity index is 1.20. The zero-order valence-corrected chi connectivity index (χ0v) is 33.0. The van der Waals surface area contributed by atoms with Gasteiger partial charge in [0.25, 0.3) is 0 Å². The summed E-state index contributed by atoms with van der Waals surface area (Å²) in [7, 11) is 0. The normalized spacial score (nSPS) is 14.8. The van der Waals surface area contributed by atoms with Gasteiger partial charge in [-0.15, -0.1) is 0 Å². The van der Waals surface area contributed by atoms with E-state index in [0.717, 1.165) is 42.0 Å². The first-order valence-electron chi connectivity index (χ1n) is 20.6. The fraction of sp³-hybridized carbons (Fsp3) is 0.0526. The average molecular weight is 757 g/mol. The van der Waals surface area contributed by atoms with Crippen molar-refractivity contribution in [3.63, 3.8) is 0 Å². The molecule has 0 amide bonds. The molecule has 2 heteroatoms. The first-order valence-corrected chi connectivity index (χ1v) is 20.6. The second kappa shape index (κ2) is 16.2. The minimum Gasteiger partial charge on any atom is -0.310 e. The first kappa shape index (κ1) is 36.0. The highest BCUT2D eigenvalue weighted by Crippen LogP contribution is 2.44. The van der Waals surface area contributed by atoms with Gasteiger partial charge in [0.2, 0.25) is 0 Å². The van der Waals surface area contributed by atoms with E-state index in [9.17, 15) is 0 Å². The number of benzene rings is 7. The van der Waals surface area contributed by atoms with Gasteiger partial charge in [-0.1, -0.05) is 164 Å². The van der Waals surface area contributed by atoms with Crippen molar-refractivity contribution in [3.05, 3.63) is 241 Å². The molecule has 0 saturated carbocycles. The lowest BCUT2D eigenvalue weighted by Gasteiger charge is -2.28. The van der Waals surface area contributed by atoms with Crippen LogP contribution in [0.5, 0.6) is 0 Å².